The Balaban J connectivity index is 4.35. The third kappa shape index (κ3) is 44.6. The van der Waals surface area contributed by atoms with Crippen molar-refractivity contribution in [2.24, 2.45) is 0 Å². The Kier molecular flexibility index (Phi) is 47.2. The van der Waals surface area contributed by atoms with E-state index in [1.165, 1.54) is 154 Å². The van der Waals surface area contributed by atoms with Gasteiger partial charge >= 0.3 is 23.9 Å². The fourth-order valence-corrected chi connectivity index (χ4v) is 8.96. The first-order valence-corrected chi connectivity index (χ1v) is 29.2. The van der Waals surface area contributed by atoms with Gasteiger partial charge in [0, 0.05) is 19.3 Å². The van der Waals surface area contributed by atoms with Crippen molar-refractivity contribution in [1.82, 2.24) is 0 Å². The quantitative estimate of drug-likeness (QED) is 0.0146. The second-order valence-corrected chi connectivity index (χ2v) is 20.5. The van der Waals surface area contributed by atoms with E-state index in [4.69, 9.17) is 29.5 Å². The smallest absolute Gasteiger partial charge is 0.335 e. The third-order valence-corrected chi connectivity index (χ3v) is 13.7. The predicted molar refractivity (Wildman–Crippen MR) is 278 cm³/mol. The molecule has 2 unspecified atom stereocenters. The zero-order valence-electron chi connectivity index (χ0n) is 44.7. The molecule has 2 atom stereocenters. The second-order valence-electron chi connectivity index (χ2n) is 20.5. The second kappa shape index (κ2) is 48.4. The molecule has 0 rings (SSSR count). The molecular weight excluding hydrogens is 877 g/mol. The molecular formula is C57H110O12. The lowest BCUT2D eigenvalue weighted by Crippen LogP contribution is -2.61. The minimum Gasteiger partial charge on any atom is -0.462 e. The number of unbranched alkanes of at least 4 members (excludes halogenated alkanes) is 39. The number of ether oxygens (including phenoxy) is 3. The molecule has 0 heterocycles. The summed E-state index contributed by atoms with van der Waals surface area (Å²) in [5, 5.41) is 55.6. The monoisotopic (exact) mass is 987 g/mol. The fraction of sp³-hybridized carbons (Fsp3) is 0.947. The SMILES string of the molecule is CCCCCCCCCCCCCCCCCC(=O)OCC(COC(=O)CCCCCCCCCCCCCCC(O)C(O)(O)C(O)(O)O)OC(=O)CCCCCCCCCCCCCCCCC. The Morgan fingerprint density at radius 3 is 0.841 bits per heavy atom. The average molecular weight is 987 g/mol. The van der Waals surface area contributed by atoms with Gasteiger partial charge < -0.3 is 44.8 Å². The highest BCUT2D eigenvalue weighted by atomic mass is 16.7. The number of carbonyl (C=O) groups is 3. The number of hydrogen-bond acceptors (Lipinski definition) is 12. The molecule has 6 N–H and O–H groups in total. The Bertz CT molecular complexity index is 1140. The van der Waals surface area contributed by atoms with Crippen LogP contribution >= 0.6 is 0 Å². The molecule has 0 aliphatic rings. The number of carbonyl (C=O) groups excluding carboxylic acids is 3. The van der Waals surface area contributed by atoms with E-state index in [-0.39, 0.29) is 44.0 Å². The van der Waals surface area contributed by atoms with Crippen LogP contribution in [0.2, 0.25) is 0 Å². The summed E-state index contributed by atoms with van der Waals surface area (Å²) in [5.74, 6) is -8.20. The van der Waals surface area contributed by atoms with Gasteiger partial charge in [0.15, 0.2) is 6.10 Å². The van der Waals surface area contributed by atoms with Crippen LogP contribution in [0.4, 0.5) is 0 Å². The van der Waals surface area contributed by atoms with Gasteiger partial charge in [-0.05, 0) is 25.7 Å². The van der Waals surface area contributed by atoms with Gasteiger partial charge in [0.2, 0.25) is 0 Å². The summed E-state index contributed by atoms with van der Waals surface area (Å²) in [6.07, 6.45) is 47.0. The van der Waals surface area contributed by atoms with Gasteiger partial charge in [-0.25, -0.2) is 0 Å². The summed E-state index contributed by atoms with van der Waals surface area (Å²) < 4.78 is 16.8. The van der Waals surface area contributed by atoms with Crippen molar-refractivity contribution in [3.8, 4) is 0 Å². The van der Waals surface area contributed by atoms with E-state index in [1.807, 2.05) is 0 Å². The first-order valence-electron chi connectivity index (χ1n) is 29.2. The molecule has 0 bridgehead atoms. The van der Waals surface area contributed by atoms with Crippen molar-refractivity contribution in [1.29, 1.82) is 0 Å². The minimum atomic E-state index is -3.79. The zero-order chi connectivity index (χ0) is 50.9. The minimum absolute atomic E-state index is 0.0828. The Hall–Kier alpha value is -1.83. The van der Waals surface area contributed by atoms with Crippen molar-refractivity contribution in [3.63, 3.8) is 0 Å². The maximum atomic E-state index is 12.8. The van der Waals surface area contributed by atoms with E-state index in [0.717, 1.165) is 109 Å². The lowest BCUT2D eigenvalue weighted by Gasteiger charge is -2.33. The number of esters is 3. The third-order valence-electron chi connectivity index (χ3n) is 13.7. The van der Waals surface area contributed by atoms with Crippen molar-refractivity contribution >= 4 is 17.9 Å². The van der Waals surface area contributed by atoms with Crippen molar-refractivity contribution < 1.29 is 59.2 Å². The Morgan fingerprint density at radius 1 is 0.348 bits per heavy atom. The van der Waals surface area contributed by atoms with Crippen LogP contribution in [0, 0.1) is 0 Å². The van der Waals surface area contributed by atoms with Gasteiger partial charge in [0.05, 0.1) is 0 Å². The lowest BCUT2D eigenvalue weighted by atomic mass is 10.00. The Morgan fingerprint density at radius 2 is 0.580 bits per heavy atom. The summed E-state index contributed by atoms with van der Waals surface area (Å²) >= 11 is 0. The Labute approximate surface area is 422 Å². The summed E-state index contributed by atoms with van der Waals surface area (Å²) in [7, 11) is 0. The van der Waals surface area contributed by atoms with E-state index < -0.39 is 24.0 Å². The van der Waals surface area contributed by atoms with Crippen LogP contribution in [0.25, 0.3) is 0 Å². The molecule has 0 saturated carbocycles. The largest absolute Gasteiger partial charge is 0.462 e. The first kappa shape index (κ1) is 67.2. The zero-order valence-corrected chi connectivity index (χ0v) is 44.7. The predicted octanol–water partition coefficient (Wildman–Crippen LogP) is 13.6. The maximum Gasteiger partial charge on any atom is 0.335 e. The summed E-state index contributed by atoms with van der Waals surface area (Å²) in [6, 6.07) is 0. The van der Waals surface area contributed by atoms with Crippen molar-refractivity contribution in [3.05, 3.63) is 0 Å². The van der Waals surface area contributed by atoms with Crippen molar-refractivity contribution in [2.75, 3.05) is 13.2 Å². The molecule has 0 aromatic heterocycles. The molecule has 0 radical (unpaired) electrons. The molecule has 69 heavy (non-hydrogen) atoms. The average Bonchev–Trinajstić information content (AvgIpc) is 3.31. The molecule has 0 fully saturated rings. The van der Waals surface area contributed by atoms with Gasteiger partial charge in [0.1, 0.15) is 19.3 Å². The summed E-state index contributed by atoms with van der Waals surface area (Å²) in [5.41, 5.74) is 0. The normalized spacial score (nSPS) is 12.9. The molecule has 12 heteroatoms. The highest BCUT2D eigenvalue weighted by molar-refractivity contribution is 5.71. The van der Waals surface area contributed by atoms with Gasteiger partial charge in [-0.15, -0.1) is 0 Å². The molecule has 0 amide bonds. The number of aliphatic hydroxyl groups is 6. The molecule has 410 valence electrons. The van der Waals surface area contributed by atoms with E-state index >= 15 is 0 Å². The topological polar surface area (TPSA) is 200 Å². The van der Waals surface area contributed by atoms with Crippen LogP contribution in [0.3, 0.4) is 0 Å². The van der Waals surface area contributed by atoms with Crippen LogP contribution in [0.5, 0.6) is 0 Å². The molecule has 0 aliphatic heterocycles. The highest BCUT2D eigenvalue weighted by Crippen LogP contribution is 2.23. The maximum absolute atomic E-state index is 12.8. The highest BCUT2D eigenvalue weighted by Gasteiger charge is 2.51. The summed E-state index contributed by atoms with van der Waals surface area (Å²) in [4.78, 5) is 38.1. The van der Waals surface area contributed by atoms with Gasteiger partial charge in [-0.1, -0.05) is 264 Å². The molecule has 0 aliphatic carbocycles. The van der Waals surface area contributed by atoms with E-state index in [2.05, 4.69) is 13.8 Å². The number of hydrogen-bond donors (Lipinski definition) is 6. The van der Waals surface area contributed by atoms with Crippen LogP contribution in [0.1, 0.15) is 309 Å². The standard InChI is InChI=1S/C57H110O12/c1-3-5-7-9-11-13-15-17-19-21-26-30-34-38-42-46-53(59)67-49-51(69-55(61)48-44-40-36-32-28-22-20-18-16-14-12-10-8-6-4-2)50-68-54(60)47-43-39-35-31-27-24-23-25-29-33-37-41-45-52(58)56(62,63)57(64,65)66/h51-52,58,62-66H,3-50H2,1-2H3. The van der Waals surface area contributed by atoms with E-state index in [0.29, 0.717) is 19.3 Å². The number of rotatable bonds is 54. The molecule has 12 nitrogen and oxygen atoms in total. The van der Waals surface area contributed by atoms with Crippen LogP contribution in [-0.4, -0.2) is 85.7 Å². The fourth-order valence-electron chi connectivity index (χ4n) is 8.96. The van der Waals surface area contributed by atoms with Gasteiger partial charge in [0.25, 0.3) is 5.79 Å². The van der Waals surface area contributed by atoms with E-state index in [1.54, 1.807) is 0 Å². The first-order chi connectivity index (χ1) is 33.3. The lowest BCUT2D eigenvalue weighted by molar-refractivity contribution is -0.464. The summed E-state index contributed by atoms with van der Waals surface area (Å²) in [6.45, 7) is 4.29. The van der Waals surface area contributed by atoms with Crippen LogP contribution in [0.15, 0.2) is 0 Å². The van der Waals surface area contributed by atoms with Crippen molar-refractivity contribution in [2.45, 2.75) is 333 Å². The molecule has 0 aromatic carbocycles. The van der Waals surface area contributed by atoms with Gasteiger partial charge in [-0.2, -0.15) is 0 Å². The molecule has 0 spiro atoms. The molecule has 0 aromatic rings. The number of aliphatic hydroxyl groups excluding tert-OH is 1. The van der Waals surface area contributed by atoms with Gasteiger partial charge in [-0.3, -0.25) is 14.4 Å². The van der Waals surface area contributed by atoms with E-state index in [9.17, 15) is 29.7 Å². The van der Waals surface area contributed by atoms with Crippen LogP contribution in [-0.2, 0) is 28.6 Å². The van der Waals surface area contributed by atoms with Crippen LogP contribution < -0.4 is 0 Å². The molecule has 0 saturated heterocycles.